The van der Waals surface area contributed by atoms with Crippen molar-refractivity contribution in [3.8, 4) is 0 Å². The van der Waals surface area contributed by atoms with Crippen molar-refractivity contribution in [2.24, 2.45) is 0 Å². The van der Waals surface area contributed by atoms with Gasteiger partial charge in [-0.15, -0.1) is 0 Å². The molecule has 0 aromatic rings. The number of hydrogen-bond acceptors (Lipinski definition) is 15. The molecule has 602 valence electrons. The Bertz CT molecular complexity index is 2350. The van der Waals surface area contributed by atoms with Crippen molar-refractivity contribution in [3.63, 3.8) is 0 Å². The number of ether oxygens (including phenoxy) is 4. The summed E-state index contributed by atoms with van der Waals surface area (Å²) in [5.74, 6) is -2.19. The molecule has 0 amide bonds. The molecule has 104 heavy (non-hydrogen) atoms. The molecule has 0 heterocycles. The highest BCUT2D eigenvalue weighted by atomic mass is 31.2. The van der Waals surface area contributed by atoms with Crippen molar-refractivity contribution in [3.05, 3.63) is 97.2 Å². The summed E-state index contributed by atoms with van der Waals surface area (Å²) in [5.41, 5.74) is 0. The molecule has 5 unspecified atom stereocenters. The highest BCUT2D eigenvalue weighted by Gasteiger charge is 2.30. The maximum Gasteiger partial charge on any atom is 0.472 e. The van der Waals surface area contributed by atoms with Crippen LogP contribution in [0.3, 0.4) is 0 Å². The number of aliphatic hydroxyl groups excluding tert-OH is 1. The average Bonchev–Trinajstić information content (AvgIpc) is 0.911. The quantitative estimate of drug-likeness (QED) is 0.0169. The molecule has 0 fully saturated rings. The molecule has 19 heteroatoms. The number of rotatable bonds is 78. The van der Waals surface area contributed by atoms with Crippen LogP contribution in [-0.4, -0.2) is 96.7 Å². The molecule has 0 aliphatic rings. The van der Waals surface area contributed by atoms with Crippen LogP contribution in [0.4, 0.5) is 0 Å². The minimum Gasteiger partial charge on any atom is -0.462 e. The number of hydrogen-bond donors (Lipinski definition) is 3. The first-order valence-electron chi connectivity index (χ1n) is 41.5. The van der Waals surface area contributed by atoms with Gasteiger partial charge in [-0.25, -0.2) is 9.13 Å². The fourth-order valence-electron chi connectivity index (χ4n) is 11.3. The van der Waals surface area contributed by atoms with Gasteiger partial charge >= 0.3 is 39.5 Å². The Morgan fingerprint density at radius 2 is 0.500 bits per heavy atom. The molecule has 0 aromatic carbocycles. The summed E-state index contributed by atoms with van der Waals surface area (Å²) in [4.78, 5) is 73.1. The molecule has 0 spiro atoms. The molecule has 0 saturated heterocycles. The van der Waals surface area contributed by atoms with Crippen molar-refractivity contribution in [2.75, 3.05) is 39.6 Å². The fraction of sp³-hybridized carbons (Fsp3) is 0.765. The van der Waals surface area contributed by atoms with Crippen LogP contribution in [-0.2, 0) is 65.4 Å². The predicted molar refractivity (Wildman–Crippen MR) is 427 cm³/mol. The number of esters is 4. The number of phosphoric acid groups is 2. The van der Waals surface area contributed by atoms with E-state index in [-0.39, 0.29) is 25.7 Å². The molecule has 0 bridgehead atoms. The lowest BCUT2D eigenvalue weighted by atomic mass is 10.0. The van der Waals surface area contributed by atoms with E-state index < -0.39 is 97.5 Å². The lowest BCUT2D eigenvalue weighted by molar-refractivity contribution is -0.161. The zero-order valence-corrected chi connectivity index (χ0v) is 67.7. The van der Waals surface area contributed by atoms with Gasteiger partial charge in [0, 0.05) is 25.7 Å². The van der Waals surface area contributed by atoms with Gasteiger partial charge < -0.3 is 33.8 Å². The zero-order valence-electron chi connectivity index (χ0n) is 65.9. The van der Waals surface area contributed by atoms with Crippen LogP contribution in [0, 0.1) is 0 Å². The Hall–Kier alpha value is -4.02. The Morgan fingerprint density at radius 1 is 0.279 bits per heavy atom. The SMILES string of the molecule is CC/C=C\C/C=C\C/C=C\C/C=C\C/C=C\CCCCCC(=O)OCC(COP(=O)(O)OCC(O)COP(=O)(O)OCC(COC(=O)CCCCCCCCC/C=C\C/C=C\C/C=C\CC)OC(=O)CCCCCCCCCCCCCCC)OC(=O)CCCCCCCCCCCCCCCCC. The smallest absolute Gasteiger partial charge is 0.462 e. The zero-order chi connectivity index (χ0) is 76.0. The second-order valence-corrected chi connectivity index (χ2v) is 30.6. The van der Waals surface area contributed by atoms with E-state index in [1.165, 1.54) is 116 Å². The highest BCUT2D eigenvalue weighted by Crippen LogP contribution is 2.45. The lowest BCUT2D eigenvalue weighted by Crippen LogP contribution is -2.30. The molecule has 0 aromatic heterocycles. The van der Waals surface area contributed by atoms with E-state index in [9.17, 15) is 43.2 Å². The average molecular weight is 1510 g/mol. The van der Waals surface area contributed by atoms with Crippen molar-refractivity contribution < 1.29 is 80.2 Å². The van der Waals surface area contributed by atoms with E-state index in [0.717, 1.165) is 167 Å². The van der Waals surface area contributed by atoms with Crippen LogP contribution in [0.15, 0.2) is 97.2 Å². The van der Waals surface area contributed by atoms with Crippen molar-refractivity contribution in [1.29, 1.82) is 0 Å². The van der Waals surface area contributed by atoms with Gasteiger partial charge in [0.2, 0.25) is 0 Å². The van der Waals surface area contributed by atoms with Crippen molar-refractivity contribution in [2.45, 2.75) is 380 Å². The summed E-state index contributed by atoms with van der Waals surface area (Å²) in [5, 5.41) is 10.7. The summed E-state index contributed by atoms with van der Waals surface area (Å²) in [6.45, 7) is 4.67. The molecule has 5 atom stereocenters. The summed E-state index contributed by atoms with van der Waals surface area (Å²) in [7, 11) is -9.96. The third-order valence-electron chi connectivity index (χ3n) is 17.6. The van der Waals surface area contributed by atoms with Crippen LogP contribution in [0.25, 0.3) is 0 Å². The Balaban J connectivity index is 5.35. The normalized spacial score (nSPS) is 14.3. The summed E-state index contributed by atoms with van der Waals surface area (Å²) in [6, 6.07) is 0. The third-order valence-corrected chi connectivity index (χ3v) is 19.5. The maximum absolute atomic E-state index is 13.1. The van der Waals surface area contributed by atoms with Gasteiger partial charge in [0.15, 0.2) is 12.2 Å². The van der Waals surface area contributed by atoms with Crippen LogP contribution in [0.5, 0.6) is 0 Å². The molecule has 0 radical (unpaired) electrons. The number of allylic oxidation sites excluding steroid dienone is 16. The molecule has 0 rings (SSSR count). The lowest BCUT2D eigenvalue weighted by Gasteiger charge is -2.21. The molecular weight excluding hydrogens is 1350 g/mol. The van der Waals surface area contributed by atoms with E-state index in [1.807, 2.05) is 0 Å². The van der Waals surface area contributed by atoms with Gasteiger partial charge in [-0.2, -0.15) is 0 Å². The topological polar surface area (TPSA) is 237 Å². The first-order valence-corrected chi connectivity index (χ1v) is 44.5. The first-order chi connectivity index (χ1) is 50.7. The van der Waals surface area contributed by atoms with Crippen molar-refractivity contribution >= 4 is 39.5 Å². The van der Waals surface area contributed by atoms with Gasteiger partial charge in [0.05, 0.1) is 26.4 Å². The fourth-order valence-corrected chi connectivity index (χ4v) is 12.9. The number of unbranched alkanes of at least 4 members (excludes halogenated alkanes) is 36. The van der Waals surface area contributed by atoms with Crippen molar-refractivity contribution in [1.82, 2.24) is 0 Å². The summed E-state index contributed by atoms with van der Waals surface area (Å²) < 4.78 is 68.7. The van der Waals surface area contributed by atoms with E-state index in [1.54, 1.807) is 0 Å². The molecule has 3 N–H and O–H groups in total. The van der Waals surface area contributed by atoms with Crippen LogP contribution < -0.4 is 0 Å². The van der Waals surface area contributed by atoms with Crippen LogP contribution in [0.2, 0.25) is 0 Å². The first kappa shape index (κ1) is 100.0. The van der Waals surface area contributed by atoms with Gasteiger partial charge in [0.1, 0.15) is 19.3 Å². The number of aliphatic hydroxyl groups is 1. The standard InChI is InChI=1S/C85H150O17P2/c1-5-9-13-17-21-25-29-33-36-38-39-41-44-47-50-54-58-62-66-70-83(88)96-76-81(102-85(90)72-68-64-60-56-52-48-42-35-31-27-23-19-15-11-7-3)78-100-104(93,94)98-74-79(86)73-97-103(91,92)99-77-80(101-84(89)71-67-63-59-55-51-45-32-28-24-20-16-12-8-4)75-95-82(87)69-65-61-57-53-49-46-43-40-37-34-30-26-22-18-14-10-6-2/h9-10,13-14,21-22,25-26,33-34,36-37,39,41,47,50,79-81,86H,5-8,11-12,15-20,23-24,27-32,35,38,40,42-46,48-49,51-78H2,1-4H3,(H,91,92)(H,93,94)/b13-9-,14-10-,25-21-,26-22-,36-33-,37-34-,41-39-,50-47-. The number of carbonyl (C=O) groups excluding carboxylic acids is 4. The van der Waals surface area contributed by atoms with E-state index in [0.29, 0.717) is 25.7 Å². The second kappa shape index (κ2) is 77.1. The van der Waals surface area contributed by atoms with Gasteiger partial charge in [-0.05, 0) is 103 Å². The van der Waals surface area contributed by atoms with Gasteiger partial charge in [0.25, 0.3) is 0 Å². The molecule has 17 nitrogen and oxygen atoms in total. The van der Waals surface area contributed by atoms with Gasteiger partial charge in [-0.3, -0.25) is 37.3 Å². The number of phosphoric ester groups is 2. The highest BCUT2D eigenvalue weighted by molar-refractivity contribution is 7.47. The minimum atomic E-state index is -4.98. The second-order valence-electron chi connectivity index (χ2n) is 27.7. The Kier molecular flexibility index (Phi) is 74.2. The summed E-state index contributed by atoms with van der Waals surface area (Å²) in [6.07, 6.45) is 82.3. The van der Waals surface area contributed by atoms with E-state index in [2.05, 4.69) is 125 Å². The van der Waals surface area contributed by atoms with Crippen LogP contribution >= 0.6 is 15.6 Å². The van der Waals surface area contributed by atoms with E-state index >= 15 is 0 Å². The number of carbonyl (C=O) groups is 4. The Labute approximate surface area is 633 Å². The maximum atomic E-state index is 13.1. The monoisotopic (exact) mass is 1510 g/mol. The molecular formula is C85H150O17P2. The molecule has 0 aliphatic heterocycles. The molecule has 0 aliphatic carbocycles. The van der Waals surface area contributed by atoms with Crippen LogP contribution in [0.1, 0.15) is 362 Å². The van der Waals surface area contributed by atoms with E-state index in [4.69, 9.17) is 37.0 Å². The Morgan fingerprint density at radius 3 is 0.779 bits per heavy atom. The predicted octanol–water partition coefficient (Wildman–Crippen LogP) is 24.3. The minimum absolute atomic E-state index is 0.0913. The van der Waals surface area contributed by atoms with Gasteiger partial charge in [-0.1, -0.05) is 330 Å². The largest absolute Gasteiger partial charge is 0.472 e. The summed E-state index contributed by atoms with van der Waals surface area (Å²) >= 11 is 0. The third kappa shape index (κ3) is 76.2. The molecule has 0 saturated carbocycles.